The standard InChI is InChI=1S/C29H29N3O4S/c1-18-14-25(35-2)26(36-3)16-23(18)28(33)31-22-7-4-19(5-8-22)20-10-12-32(13-11-20)29(34)21-6-9-27-24(15-21)30-17-37-27/h4-9,14-17,20H,10-13H2,1-3H3,(H,31,33). The van der Waals surface area contributed by atoms with Gasteiger partial charge in [0.25, 0.3) is 11.8 Å². The summed E-state index contributed by atoms with van der Waals surface area (Å²) in [7, 11) is 3.12. The number of carbonyl (C=O) groups is 2. The Morgan fingerprint density at radius 1 is 0.973 bits per heavy atom. The zero-order chi connectivity index (χ0) is 25.9. The van der Waals surface area contributed by atoms with Gasteiger partial charge in [0.05, 0.1) is 29.9 Å². The lowest BCUT2D eigenvalue weighted by atomic mass is 9.89. The molecule has 2 heterocycles. The van der Waals surface area contributed by atoms with Crippen LogP contribution in [-0.2, 0) is 0 Å². The van der Waals surface area contributed by atoms with Crippen molar-refractivity contribution in [2.75, 3.05) is 32.6 Å². The Morgan fingerprint density at radius 2 is 1.68 bits per heavy atom. The van der Waals surface area contributed by atoms with Crippen molar-refractivity contribution in [3.8, 4) is 11.5 Å². The highest BCUT2D eigenvalue weighted by Gasteiger charge is 2.25. The summed E-state index contributed by atoms with van der Waals surface area (Å²) in [6, 6.07) is 17.2. The molecule has 190 valence electrons. The molecule has 1 aromatic heterocycles. The van der Waals surface area contributed by atoms with Crippen molar-refractivity contribution in [3.05, 3.63) is 82.4 Å². The van der Waals surface area contributed by atoms with Crippen LogP contribution in [0.25, 0.3) is 10.2 Å². The Balaban J connectivity index is 1.19. The summed E-state index contributed by atoms with van der Waals surface area (Å²) in [6.07, 6.45) is 1.81. The third kappa shape index (κ3) is 5.15. The van der Waals surface area contributed by atoms with Crippen LogP contribution in [0, 0.1) is 6.92 Å². The minimum atomic E-state index is -0.200. The molecule has 0 unspecified atom stereocenters. The smallest absolute Gasteiger partial charge is 0.256 e. The molecule has 37 heavy (non-hydrogen) atoms. The van der Waals surface area contributed by atoms with Crippen LogP contribution in [0.5, 0.6) is 11.5 Å². The number of amides is 2. The van der Waals surface area contributed by atoms with E-state index in [1.165, 1.54) is 5.56 Å². The van der Waals surface area contributed by atoms with Crippen molar-refractivity contribution >= 4 is 39.1 Å². The fourth-order valence-corrected chi connectivity index (χ4v) is 5.51. The van der Waals surface area contributed by atoms with Crippen LogP contribution in [0.1, 0.15) is 50.6 Å². The van der Waals surface area contributed by atoms with Gasteiger partial charge in [-0.05, 0) is 79.3 Å². The van der Waals surface area contributed by atoms with Crippen LogP contribution in [0.4, 0.5) is 5.69 Å². The zero-order valence-corrected chi connectivity index (χ0v) is 21.9. The van der Waals surface area contributed by atoms with E-state index in [9.17, 15) is 9.59 Å². The van der Waals surface area contributed by atoms with Crippen LogP contribution in [0.2, 0.25) is 0 Å². The summed E-state index contributed by atoms with van der Waals surface area (Å²) < 4.78 is 11.8. The number of hydrogen-bond donors (Lipinski definition) is 1. The monoisotopic (exact) mass is 515 g/mol. The molecule has 1 aliphatic rings. The second-order valence-corrected chi connectivity index (χ2v) is 10.1. The van der Waals surface area contributed by atoms with E-state index in [2.05, 4.69) is 22.4 Å². The van der Waals surface area contributed by atoms with Gasteiger partial charge in [0.2, 0.25) is 0 Å². The quantitative estimate of drug-likeness (QED) is 0.346. The highest BCUT2D eigenvalue weighted by atomic mass is 32.1. The molecule has 3 aromatic carbocycles. The molecule has 1 saturated heterocycles. The molecule has 1 aliphatic heterocycles. The Hall–Kier alpha value is -3.91. The lowest BCUT2D eigenvalue weighted by molar-refractivity contribution is 0.0713. The molecule has 4 aromatic rings. The number of aromatic nitrogens is 1. The molecule has 2 amide bonds. The van der Waals surface area contributed by atoms with Crippen molar-refractivity contribution in [1.82, 2.24) is 9.88 Å². The summed E-state index contributed by atoms with van der Waals surface area (Å²) in [4.78, 5) is 32.2. The number of rotatable bonds is 6. The Bertz CT molecular complexity index is 1440. The minimum absolute atomic E-state index is 0.0665. The molecule has 0 atom stereocenters. The second-order valence-electron chi connectivity index (χ2n) is 9.20. The Kier molecular flexibility index (Phi) is 7.10. The average molecular weight is 516 g/mol. The van der Waals surface area contributed by atoms with Gasteiger partial charge in [0.15, 0.2) is 11.5 Å². The van der Waals surface area contributed by atoms with Crippen LogP contribution in [-0.4, -0.2) is 49.0 Å². The van der Waals surface area contributed by atoms with E-state index in [0.717, 1.165) is 47.4 Å². The van der Waals surface area contributed by atoms with Gasteiger partial charge in [-0.2, -0.15) is 0 Å². The highest BCUT2D eigenvalue weighted by Crippen LogP contribution is 2.32. The van der Waals surface area contributed by atoms with E-state index in [1.807, 2.05) is 42.2 Å². The van der Waals surface area contributed by atoms with Gasteiger partial charge in [0, 0.05) is 29.9 Å². The van der Waals surface area contributed by atoms with E-state index in [0.29, 0.717) is 28.5 Å². The van der Waals surface area contributed by atoms with E-state index in [1.54, 1.807) is 43.2 Å². The van der Waals surface area contributed by atoms with Crippen LogP contribution in [0.3, 0.4) is 0 Å². The van der Waals surface area contributed by atoms with E-state index >= 15 is 0 Å². The maximum atomic E-state index is 13.0. The van der Waals surface area contributed by atoms with Gasteiger partial charge < -0.3 is 19.7 Å². The van der Waals surface area contributed by atoms with Crippen LogP contribution in [0.15, 0.2) is 60.1 Å². The van der Waals surface area contributed by atoms with Crippen molar-refractivity contribution in [1.29, 1.82) is 0 Å². The number of carbonyl (C=O) groups excluding carboxylic acids is 2. The highest BCUT2D eigenvalue weighted by molar-refractivity contribution is 7.16. The molecule has 8 heteroatoms. The minimum Gasteiger partial charge on any atom is -0.493 e. The second kappa shape index (κ2) is 10.6. The van der Waals surface area contributed by atoms with Crippen LogP contribution < -0.4 is 14.8 Å². The first-order valence-corrected chi connectivity index (χ1v) is 13.1. The topological polar surface area (TPSA) is 80.8 Å². The maximum Gasteiger partial charge on any atom is 0.256 e. The summed E-state index contributed by atoms with van der Waals surface area (Å²) in [5.74, 6) is 1.35. The van der Waals surface area contributed by atoms with Gasteiger partial charge in [-0.25, -0.2) is 4.98 Å². The number of methoxy groups -OCH3 is 2. The van der Waals surface area contributed by atoms with Crippen molar-refractivity contribution in [3.63, 3.8) is 0 Å². The number of fused-ring (bicyclic) bond motifs is 1. The summed E-state index contributed by atoms with van der Waals surface area (Å²) in [6.45, 7) is 3.31. The third-order valence-corrected chi connectivity index (χ3v) is 7.78. The SMILES string of the molecule is COc1cc(C)c(C(=O)Nc2ccc(C3CCN(C(=O)c4ccc5scnc5c4)CC3)cc2)cc1OC. The molecule has 0 aliphatic carbocycles. The number of thiazole rings is 1. The third-order valence-electron chi connectivity index (χ3n) is 6.97. The Labute approximate surface area is 220 Å². The predicted octanol–water partition coefficient (Wildman–Crippen LogP) is 5.89. The predicted molar refractivity (Wildman–Crippen MR) is 146 cm³/mol. The van der Waals surface area contributed by atoms with E-state index in [-0.39, 0.29) is 11.8 Å². The number of nitrogens with one attached hydrogen (secondary N) is 1. The van der Waals surface area contributed by atoms with Gasteiger partial charge in [-0.1, -0.05) is 12.1 Å². The fraction of sp³-hybridized carbons (Fsp3) is 0.276. The lowest BCUT2D eigenvalue weighted by Crippen LogP contribution is -2.37. The number of ether oxygens (including phenoxy) is 2. The van der Waals surface area contributed by atoms with Crippen molar-refractivity contribution < 1.29 is 19.1 Å². The molecule has 0 saturated carbocycles. The first kappa shape index (κ1) is 24.8. The molecular formula is C29H29N3O4S. The molecular weight excluding hydrogens is 486 g/mol. The molecule has 7 nitrogen and oxygen atoms in total. The van der Waals surface area contributed by atoms with Crippen molar-refractivity contribution in [2.24, 2.45) is 0 Å². The number of hydrogen-bond acceptors (Lipinski definition) is 6. The van der Waals surface area contributed by atoms with Gasteiger partial charge in [-0.15, -0.1) is 11.3 Å². The summed E-state index contributed by atoms with van der Waals surface area (Å²) in [5.41, 5.74) is 6.66. The largest absolute Gasteiger partial charge is 0.493 e. The van der Waals surface area contributed by atoms with E-state index < -0.39 is 0 Å². The number of anilines is 1. The van der Waals surface area contributed by atoms with E-state index in [4.69, 9.17) is 9.47 Å². The fourth-order valence-electron chi connectivity index (χ4n) is 4.85. The zero-order valence-electron chi connectivity index (χ0n) is 21.1. The summed E-state index contributed by atoms with van der Waals surface area (Å²) in [5, 5.41) is 2.98. The molecule has 0 radical (unpaired) electrons. The van der Waals surface area contributed by atoms with Gasteiger partial charge in [-0.3, -0.25) is 9.59 Å². The number of aryl methyl sites for hydroxylation is 1. The number of piperidine rings is 1. The maximum absolute atomic E-state index is 13.0. The normalized spacial score (nSPS) is 14.0. The number of benzene rings is 3. The van der Waals surface area contributed by atoms with Crippen molar-refractivity contribution in [2.45, 2.75) is 25.7 Å². The molecule has 5 rings (SSSR count). The number of likely N-dealkylation sites (tertiary alicyclic amines) is 1. The first-order chi connectivity index (χ1) is 18.0. The van der Waals surface area contributed by atoms with Gasteiger partial charge >= 0.3 is 0 Å². The first-order valence-electron chi connectivity index (χ1n) is 12.2. The molecule has 1 N–H and O–H groups in total. The molecule has 1 fully saturated rings. The van der Waals surface area contributed by atoms with Crippen LogP contribution >= 0.6 is 11.3 Å². The molecule has 0 spiro atoms. The lowest BCUT2D eigenvalue weighted by Gasteiger charge is -2.32. The van der Waals surface area contributed by atoms with Gasteiger partial charge in [0.1, 0.15) is 0 Å². The number of nitrogens with zero attached hydrogens (tertiary/aromatic N) is 2. The molecule has 0 bridgehead atoms. The average Bonchev–Trinajstić information content (AvgIpc) is 3.41. The summed E-state index contributed by atoms with van der Waals surface area (Å²) >= 11 is 1.58. The Morgan fingerprint density at radius 3 is 2.38 bits per heavy atom.